The number of imide groups is 2. The normalized spacial score (nSPS) is 23.1. The summed E-state index contributed by atoms with van der Waals surface area (Å²) in [7, 11) is 0. The van der Waals surface area contributed by atoms with E-state index >= 15 is 0 Å². The molecule has 2 aliphatic rings. The van der Waals surface area contributed by atoms with Crippen LogP contribution in [0.1, 0.15) is 48.7 Å². The monoisotopic (exact) mass is 381 g/mol. The highest BCUT2D eigenvalue weighted by molar-refractivity contribution is 6.45. The first-order chi connectivity index (χ1) is 13.4. The highest BCUT2D eigenvalue weighted by Crippen LogP contribution is 2.31. The zero-order valence-electron chi connectivity index (χ0n) is 16.0. The summed E-state index contributed by atoms with van der Waals surface area (Å²) in [5.74, 6) is -1.93. The molecular weight excluding hydrogens is 358 g/mol. The van der Waals surface area contributed by atoms with E-state index in [1.165, 1.54) is 0 Å². The number of rotatable bonds is 4. The fourth-order valence-corrected chi connectivity index (χ4v) is 4.49. The Bertz CT molecular complexity index is 993. The number of carbonyl (C=O) groups excluding carboxylic acids is 4. The molecule has 1 aliphatic carbocycles. The molecule has 1 aromatic heterocycles. The molecule has 4 rings (SSSR count). The van der Waals surface area contributed by atoms with Crippen molar-refractivity contribution in [3.63, 3.8) is 0 Å². The molecule has 2 atom stereocenters. The first-order valence-corrected chi connectivity index (χ1v) is 9.69. The minimum absolute atomic E-state index is 0.154. The number of carbonyl (C=O) groups is 4. The van der Waals surface area contributed by atoms with Gasteiger partial charge in [-0.3, -0.25) is 19.3 Å². The molecule has 7 nitrogen and oxygen atoms in total. The van der Waals surface area contributed by atoms with Gasteiger partial charge in [0, 0.05) is 28.2 Å². The number of hydrogen-bond donors (Lipinski definition) is 1. The van der Waals surface area contributed by atoms with E-state index in [0.29, 0.717) is 17.7 Å². The molecule has 0 unspecified atom stereocenters. The lowest BCUT2D eigenvalue weighted by molar-refractivity contribution is -0.144. The average Bonchev–Trinajstić information content (AvgIpc) is 3.11. The number of aryl methyl sites for hydroxylation is 1. The molecule has 0 radical (unpaired) electrons. The summed E-state index contributed by atoms with van der Waals surface area (Å²) in [5.41, 5.74) is 1.94. The van der Waals surface area contributed by atoms with E-state index in [1.807, 2.05) is 31.2 Å². The van der Waals surface area contributed by atoms with Crippen LogP contribution in [0.25, 0.3) is 10.9 Å². The largest absolute Gasteiger partial charge is 0.358 e. The molecule has 2 heterocycles. The number of hydrogen-bond acceptors (Lipinski definition) is 4. The number of amides is 4. The number of benzene rings is 1. The number of fused-ring (bicyclic) bond motifs is 1. The van der Waals surface area contributed by atoms with Crippen LogP contribution in [-0.4, -0.2) is 51.0 Å². The molecule has 7 heteroatoms. The zero-order valence-corrected chi connectivity index (χ0v) is 16.0. The van der Waals surface area contributed by atoms with E-state index in [4.69, 9.17) is 0 Å². The van der Waals surface area contributed by atoms with Crippen LogP contribution in [0, 0.1) is 12.8 Å². The topological polar surface area (TPSA) is 90.6 Å². The quantitative estimate of drug-likeness (QED) is 0.501. The summed E-state index contributed by atoms with van der Waals surface area (Å²) < 4.78 is 0. The van der Waals surface area contributed by atoms with Gasteiger partial charge in [0.15, 0.2) is 5.78 Å². The van der Waals surface area contributed by atoms with Gasteiger partial charge in [-0.1, -0.05) is 38.0 Å². The van der Waals surface area contributed by atoms with Crippen LogP contribution in [-0.2, 0) is 9.59 Å². The number of Topliss-reactive ketones (excluding diaryl/α,β-unsaturated/α-hetero) is 1. The van der Waals surface area contributed by atoms with E-state index in [1.54, 1.807) is 6.92 Å². The van der Waals surface area contributed by atoms with E-state index in [9.17, 15) is 19.2 Å². The van der Waals surface area contributed by atoms with Crippen LogP contribution in [0.15, 0.2) is 24.3 Å². The lowest BCUT2D eigenvalue weighted by Gasteiger charge is -2.34. The SMILES string of the molecule is Cc1[nH]c2ccccc2c1C(=O)CN1C(=O)C(=O)N([C@@H]2CCCC[C@@H]2C)C1=O. The van der Waals surface area contributed by atoms with Crippen LogP contribution in [0.4, 0.5) is 4.79 Å². The van der Waals surface area contributed by atoms with Crippen LogP contribution in [0.3, 0.4) is 0 Å². The van der Waals surface area contributed by atoms with Gasteiger partial charge in [-0.15, -0.1) is 0 Å². The first-order valence-electron chi connectivity index (χ1n) is 9.69. The first kappa shape index (κ1) is 18.4. The summed E-state index contributed by atoms with van der Waals surface area (Å²) in [4.78, 5) is 55.8. The van der Waals surface area contributed by atoms with Gasteiger partial charge in [-0.05, 0) is 31.7 Å². The molecule has 28 heavy (non-hydrogen) atoms. The van der Waals surface area contributed by atoms with Gasteiger partial charge in [0.1, 0.15) is 0 Å². The van der Waals surface area contributed by atoms with Crippen molar-refractivity contribution in [1.82, 2.24) is 14.8 Å². The van der Waals surface area contributed by atoms with Crippen LogP contribution < -0.4 is 0 Å². The van der Waals surface area contributed by atoms with Gasteiger partial charge in [0.05, 0.1) is 6.54 Å². The van der Waals surface area contributed by atoms with Gasteiger partial charge in [0.25, 0.3) is 0 Å². The van der Waals surface area contributed by atoms with Crippen LogP contribution in [0.5, 0.6) is 0 Å². The van der Waals surface area contributed by atoms with Crippen molar-refractivity contribution in [2.75, 3.05) is 6.54 Å². The number of H-pyrrole nitrogens is 1. The molecule has 1 saturated carbocycles. The van der Waals surface area contributed by atoms with Gasteiger partial charge >= 0.3 is 17.8 Å². The molecular formula is C21H23N3O4. The Hall–Kier alpha value is -2.96. The predicted octanol–water partition coefficient (Wildman–Crippen LogP) is 3.03. The maximum Gasteiger partial charge on any atom is 0.334 e. The third-order valence-electron chi connectivity index (χ3n) is 5.96. The standard InChI is InChI=1S/C21H23N3O4/c1-12-7-3-6-10-16(12)24-20(27)19(26)23(21(24)28)11-17(25)18-13(2)22-15-9-5-4-8-14(15)18/h4-5,8-9,12,16,22H,3,6-7,10-11H2,1-2H3/t12-,16+/m0/s1. The second-order valence-corrected chi connectivity index (χ2v) is 7.77. The third kappa shape index (κ3) is 2.82. The van der Waals surface area contributed by atoms with Gasteiger partial charge in [-0.2, -0.15) is 0 Å². The van der Waals surface area contributed by atoms with Crippen LogP contribution in [0.2, 0.25) is 0 Å². The molecule has 1 N–H and O–H groups in total. The van der Waals surface area contributed by atoms with Crippen molar-refractivity contribution in [2.24, 2.45) is 5.92 Å². The number of nitrogens with zero attached hydrogens (tertiary/aromatic N) is 2. The summed E-state index contributed by atoms with van der Waals surface area (Å²) in [5, 5.41) is 0.744. The smallest absolute Gasteiger partial charge is 0.334 e. The minimum atomic E-state index is -0.909. The van der Waals surface area contributed by atoms with Crippen molar-refractivity contribution in [3.8, 4) is 0 Å². The van der Waals surface area contributed by atoms with E-state index < -0.39 is 24.4 Å². The third-order valence-corrected chi connectivity index (χ3v) is 5.96. The van der Waals surface area contributed by atoms with E-state index in [-0.39, 0.29) is 17.7 Å². The Labute approximate surface area is 162 Å². The Kier molecular flexibility index (Phi) is 4.53. The van der Waals surface area contributed by atoms with E-state index in [2.05, 4.69) is 4.98 Å². The highest BCUT2D eigenvalue weighted by Gasteiger charge is 2.49. The highest BCUT2D eigenvalue weighted by atomic mass is 16.2. The maximum atomic E-state index is 12.9. The number of para-hydroxylation sites is 1. The molecule has 146 valence electrons. The Balaban J connectivity index is 1.60. The van der Waals surface area contributed by atoms with Gasteiger partial charge < -0.3 is 4.98 Å². The number of aromatic nitrogens is 1. The molecule has 4 amide bonds. The van der Waals surface area contributed by atoms with Crippen molar-refractivity contribution >= 4 is 34.5 Å². The number of ketones is 1. The summed E-state index contributed by atoms with van der Waals surface area (Å²) in [6.45, 7) is 3.35. The molecule has 0 spiro atoms. The molecule has 1 aliphatic heterocycles. The summed E-state index contributed by atoms with van der Waals surface area (Å²) >= 11 is 0. The lowest BCUT2D eigenvalue weighted by Crippen LogP contribution is -2.46. The lowest BCUT2D eigenvalue weighted by atomic mass is 9.85. The Morgan fingerprint density at radius 3 is 2.57 bits per heavy atom. The maximum absolute atomic E-state index is 12.9. The summed E-state index contributed by atoms with van der Waals surface area (Å²) in [6.07, 6.45) is 3.61. The van der Waals surface area contributed by atoms with E-state index in [0.717, 1.165) is 40.0 Å². The molecule has 0 bridgehead atoms. The Morgan fingerprint density at radius 2 is 1.82 bits per heavy atom. The Morgan fingerprint density at radius 1 is 1.11 bits per heavy atom. The molecule has 2 aromatic rings. The van der Waals surface area contributed by atoms with Crippen molar-refractivity contribution in [1.29, 1.82) is 0 Å². The van der Waals surface area contributed by atoms with Crippen molar-refractivity contribution in [2.45, 2.75) is 45.6 Å². The second-order valence-electron chi connectivity index (χ2n) is 7.77. The number of nitrogens with one attached hydrogen (secondary N) is 1. The molecule has 2 fully saturated rings. The predicted molar refractivity (Wildman–Crippen MR) is 103 cm³/mol. The average molecular weight is 381 g/mol. The van der Waals surface area contributed by atoms with Gasteiger partial charge in [0.2, 0.25) is 0 Å². The van der Waals surface area contributed by atoms with Crippen LogP contribution >= 0.6 is 0 Å². The number of aromatic amines is 1. The fourth-order valence-electron chi connectivity index (χ4n) is 4.49. The minimum Gasteiger partial charge on any atom is -0.358 e. The van der Waals surface area contributed by atoms with Crippen molar-refractivity contribution in [3.05, 3.63) is 35.5 Å². The second kappa shape index (κ2) is 6.89. The summed E-state index contributed by atoms with van der Waals surface area (Å²) in [6, 6.07) is 6.44. The fraction of sp³-hybridized carbons (Fsp3) is 0.429. The van der Waals surface area contributed by atoms with Crippen molar-refractivity contribution < 1.29 is 19.2 Å². The molecule has 1 saturated heterocycles. The zero-order chi connectivity index (χ0) is 20.0. The number of urea groups is 1. The van der Waals surface area contributed by atoms with Gasteiger partial charge in [-0.25, -0.2) is 9.69 Å². The molecule has 1 aromatic carbocycles.